The lowest BCUT2D eigenvalue weighted by atomic mass is 10.0. The first-order chi connectivity index (χ1) is 11.1. The van der Waals surface area contributed by atoms with Crippen molar-refractivity contribution in [2.24, 2.45) is 5.73 Å². The lowest BCUT2D eigenvalue weighted by molar-refractivity contribution is -0.126. The summed E-state index contributed by atoms with van der Waals surface area (Å²) in [5.74, 6) is -0.0740. The molecule has 2 aliphatic rings. The van der Waals surface area contributed by atoms with Gasteiger partial charge in [0.2, 0.25) is 5.91 Å². The minimum Gasteiger partial charge on any atom is -0.364 e. The van der Waals surface area contributed by atoms with Gasteiger partial charge in [0, 0.05) is 31.4 Å². The van der Waals surface area contributed by atoms with Gasteiger partial charge in [-0.3, -0.25) is 9.59 Å². The Labute approximate surface area is 148 Å². The molecule has 3 N–H and O–H groups in total. The second kappa shape index (κ2) is 7.96. The van der Waals surface area contributed by atoms with E-state index in [1.165, 1.54) is 0 Å². The van der Waals surface area contributed by atoms with Crippen LogP contribution in [0.4, 0.5) is 11.4 Å². The highest BCUT2D eigenvalue weighted by Gasteiger charge is 2.30. The van der Waals surface area contributed by atoms with Gasteiger partial charge >= 0.3 is 0 Å². The van der Waals surface area contributed by atoms with Crippen molar-refractivity contribution < 1.29 is 14.3 Å². The first kappa shape index (κ1) is 18.7. The largest absolute Gasteiger partial charge is 0.364 e. The molecule has 132 valence electrons. The summed E-state index contributed by atoms with van der Waals surface area (Å²) >= 11 is 0. The van der Waals surface area contributed by atoms with Crippen LogP contribution in [0.25, 0.3) is 0 Å². The lowest BCUT2D eigenvalue weighted by Gasteiger charge is -2.29. The monoisotopic (exact) mass is 353 g/mol. The standard InChI is InChI=1S/C17H23N3O3.ClH/c1-11(21)20-8-2-3-12-9-13(4-6-15(12)20)19-17(22)16-7-5-14(10-18)23-16;/h4,6,9,14,16H,2-3,5,7-8,10,18H2,1H3,(H,19,22);1H/t14-,16+;/m1./s1. The Kier molecular flexibility index (Phi) is 6.21. The summed E-state index contributed by atoms with van der Waals surface area (Å²) in [4.78, 5) is 25.8. The van der Waals surface area contributed by atoms with E-state index in [2.05, 4.69) is 5.32 Å². The molecule has 0 radical (unpaired) electrons. The van der Waals surface area contributed by atoms with Crippen LogP contribution in [-0.4, -0.2) is 37.1 Å². The van der Waals surface area contributed by atoms with Crippen LogP contribution in [0, 0.1) is 0 Å². The average molecular weight is 354 g/mol. The number of anilines is 2. The third-order valence-corrected chi connectivity index (χ3v) is 4.51. The molecule has 1 fully saturated rings. The number of hydrogen-bond acceptors (Lipinski definition) is 4. The predicted octanol–water partition coefficient (Wildman–Crippen LogP) is 1.85. The zero-order valence-electron chi connectivity index (χ0n) is 13.8. The summed E-state index contributed by atoms with van der Waals surface area (Å²) in [6.07, 6.45) is 2.95. The second-order valence-electron chi connectivity index (χ2n) is 6.17. The molecule has 0 unspecified atom stereocenters. The number of fused-ring (bicyclic) bond motifs is 1. The van der Waals surface area contributed by atoms with Crippen molar-refractivity contribution >= 4 is 35.6 Å². The van der Waals surface area contributed by atoms with Crippen molar-refractivity contribution in [2.45, 2.75) is 44.8 Å². The SMILES string of the molecule is CC(=O)N1CCCc2cc(NC(=O)[C@@H]3CC[C@H](CN)O3)ccc21.Cl. The molecule has 1 saturated heterocycles. The van der Waals surface area contributed by atoms with Gasteiger partial charge in [-0.05, 0) is 49.4 Å². The van der Waals surface area contributed by atoms with E-state index in [4.69, 9.17) is 10.5 Å². The van der Waals surface area contributed by atoms with Crippen LogP contribution < -0.4 is 16.0 Å². The molecule has 2 amide bonds. The fraction of sp³-hybridized carbons (Fsp3) is 0.529. The maximum atomic E-state index is 12.3. The van der Waals surface area contributed by atoms with Gasteiger partial charge in [-0.15, -0.1) is 12.4 Å². The van der Waals surface area contributed by atoms with Crippen LogP contribution in [0.5, 0.6) is 0 Å². The van der Waals surface area contributed by atoms with Crippen molar-refractivity contribution in [3.05, 3.63) is 23.8 Å². The van der Waals surface area contributed by atoms with Crippen molar-refractivity contribution in [1.82, 2.24) is 0 Å². The molecule has 3 rings (SSSR count). The number of nitrogens with two attached hydrogens (primary N) is 1. The summed E-state index contributed by atoms with van der Waals surface area (Å²) in [7, 11) is 0. The molecule has 24 heavy (non-hydrogen) atoms. The predicted molar refractivity (Wildman–Crippen MR) is 95.6 cm³/mol. The number of carbonyl (C=O) groups is 2. The number of nitrogens with zero attached hydrogens (tertiary/aromatic N) is 1. The summed E-state index contributed by atoms with van der Waals surface area (Å²) in [5, 5.41) is 2.91. The molecular formula is C17H24ClN3O3. The first-order valence-corrected chi connectivity index (χ1v) is 8.16. The van der Waals surface area contributed by atoms with Gasteiger partial charge in [-0.25, -0.2) is 0 Å². The number of benzene rings is 1. The molecular weight excluding hydrogens is 330 g/mol. The molecule has 1 aromatic carbocycles. The van der Waals surface area contributed by atoms with Crippen molar-refractivity contribution in [3.8, 4) is 0 Å². The van der Waals surface area contributed by atoms with Gasteiger partial charge < -0.3 is 20.7 Å². The number of halogens is 1. The van der Waals surface area contributed by atoms with Crippen LogP contribution in [0.3, 0.4) is 0 Å². The Hall–Kier alpha value is -1.63. The normalized spacial score (nSPS) is 22.5. The van der Waals surface area contributed by atoms with Gasteiger partial charge in [0.25, 0.3) is 5.91 Å². The van der Waals surface area contributed by atoms with Crippen LogP contribution in [0.1, 0.15) is 31.7 Å². The summed E-state index contributed by atoms with van der Waals surface area (Å²) in [5.41, 5.74) is 8.36. The van der Waals surface area contributed by atoms with E-state index >= 15 is 0 Å². The van der Waals surface area contributed by atoms with E-state index in [0.717, 1.165) is 42.7 Å². The third kappa shape index (κ3) is 3.88. The number of carbonyl (C=O) groups excluding carboxylic acids is 2. The summed E-state index contributed by atoms with van der Waals surface area (Å²) < 4.78 is 5.62. The Morgan fingerprint density at radius 2 is 2.17 bits per heavy atom. The van der Waals surface area contributed by atoms with Crippen molar-refractivity contribution in [2.75, 3.05) is 23.3 Å². The molecule has 1 aromatic rings. The smallest absolute Gasteiger partial charge is 0.253 e. The van der Waals surface area contributed by atoms with Crippen LogP contribution in [-0.2, 0) is 20.7 Å². The average Bonchev–Trinajstić information content (AvgIpc) is 3.03. The fourth-order valence-electron chi connectivity index (χ4n) is 3.30. The van der Waals surface area contributed by atoms with E-state index in [1.54, 1.807) is 11.8 Å². The van der Waals surface area contributed by atoms with E-state index in [9.17, 15) is 9.59 Å². The molecule has 0 aromatic heterocycles. The highest BCUT2D eigenvalue weighted by molar-refractivity contribution is 5.96. The molecule has 2 heterocycles. The van der Waals surface area contributed by atoms with Gasteiger partial charge in [-0.1, -0.05) is 0 Å². The van der Waals surface area contributed by atoms with Gasteiger partial charge in [0.05, 0.1) is 6.10 Å². The Morgan fingerprint density at radius 3 is 2.83 bits per heavy atom. The molecule has 0 bridgehead atoms. The fourth-order valence-corrected chi connectivity index (χ4v) is 3.30. The highest BCUT2D eigenvalue weighted by atomic mass is 35.5. The number of aryl methyl sites for hydroxylation is 1. The van der Waals surface area contributed by atoms with Crippen molar-refractivity contribution in [3.63, 3.8) is 0 Å². The number of hydrogen-bond donors (Lipinski definition) is 2. The zero-order chi connectivity index (χ0) is 16.4. The van der Waals surface area contributed by atoms with Crippen molar-refractivity contribution in [1.29, 1.82) is 0 Å². The molecule has 0 saturated carbocycles. The van der Waals surface area contributed by atoms with Gasteiger partial charge in [-0.2, -0.15) is 0 Å². The number of nitrogens with one attached hydrogen (secondary N) is 1. The van der Waals surface area contributed by atoms with E-state index in [1.807, 2.05) is 18.2 Å². The van der Waals surface area contributed by atoms with Crippen LogP contribution in [0.2, 0.25) is 0 Å². The van der Waals surface area contributed by atoms with E-state index < -0.39 is 6.10 Å². The molecule has 2 aliphatic heterocycles. The lowest BCUT2D eigenvalue weighted by Crippen LogP contribution is -2.33. The first-order valence-electron chi connectivity index (χ1n) is 8.16. The third-order valence-electron chi connectivity index (χ3n) is 4.51. The van der Waals surface area contributed by atoms with Crippen LogP contribution in [0.15, 0.2) is 18.2 Å². The summed E-state index contributed by atoms with van der Waals surface area (Å²) in [6.45, 7) is 2.78. The molecule has 6 nitrogen and oxygen atoms in total. The van der Waals surface area contributed by atoms with Gasteiger partial charge in [0.15, 0.2) is 0 Å². The van der Waals surface area contributed by atoms with Gasteiger partial charge in [0.1, 0.15) is 6.10 Å². The van der Waals surface area contributed by atoms with E-state index in [0.29, 0.717) is 13.0 Å². The second-order valence-corrected chi connectivity index (χ2v) is 6.17. The Morgan fingerprint density at radius 1 is 1.38 bits per heavy atom. The Balaban J connectivity index is 0.00000208. The molecule has 7 heteroatoms. The number of rotatable bonds is 3. The quantitative estimate of drug-likeness (QED) is 0.868. The van der Waals surface area contributed by atoms with E-state index in [-0.39, 0.29) is 30.3 Å². The Bertz CT molecular complexity index is 623. The van der Waals surface area contributed by atoms with Crippen LogP contribution >= 0.6 is 12.4 Å². The molecule has 0 spiro atoms. The highest BCUT2D eigenvalue weighted by Crippen LogP contribution is 2.30. The maximum absolute atomic E-state index is 12.3. The minimum absolute atomic E-state index is 0. The molecule has 2 atom stereocenters. The topological polar surface area (TPSA) is 84.7 Å². The zero-order valence-corrected chi connectivity index (χ0v) is 14.6. The molecule has 0 aliphatic carbocycles. The summed E-state index contributed by atoms with van der Waals surface area (Å²) in [6, 6.07) is 5.70. The number of amides is 2. The minimum atomic E-state index is -0.423. The maximum Gasteiger partial charge on any atom is 0.253 e. The number of ether oxygens (including phenoxy) is 1.